The molecule has 0 aliphatic heterocycles. The van der Waals surface area contributed by atoms with Crippen LogP contribution in [0, 0.1) is 0 Å². The van der Waals surface area contributed by atoms with Crippen LogP contribution in [0.15, 0.2) is 0 Å². The number of carboxylic acid groups (broad SMARTS) is 1. The first-order valence-electron chi connectivity index (χ1n) is 6.29. The fraction of sp³-hybridized carbons (Fsp3) is 0.846. The molecule has 0 bridgehead atoms. The minimum Gasteiger partial charge on any atom is -0.550 e. The minimum atomic E-state index is -1.39. The van der Waals surface area contributed by atoms with Crippen molar-refractivity contribution < 1.29 is 49.0 Å². The molecule has 0 heterocycles. The number of ether oxygens (including phenoxy) is 1. The van der Waals surface area contributed by atoms with E-state index < -0.39 is 24.0 Å². The van der Waals surface area contributed by atoms with Crippen LogP contribution >= 0.6 is 0 Å². The number of rotatable bonds is 9. The summed E-state index contributed by atoms with van der Waals surface area (Å²) in [4.78, 5) is 21.4. The molecule has 0 atom stereocenters. The van der Waals surface area contributed by atoms with Gasteiger partial charge in [0.25, 0.3) is 0 Å². The number of hydrogen-bond acceptors (Lipinski definition) is 4. The number of aliphatic carboxylic acids is 1. The zero-order valence-electron chi connectivity index (χ0n) is 12.1. The van der Waals surface area contributed by atoms with Crippen LogP contribution in [0.1, 0.15) is 65.7 Å². The quantitative estimate of drug-likeness (QED) is 0.228. The summed E-state index contributed by atoms with van der Waals surface area (Å²) in [5.41, 5.74) is -0.585. The van der Waals surface area contributed by atoms with E-state index in [1.807, 2.05) is 0 Å². The molecule has 0 aliphatic rings. The van der Waals surface area contributed by atoms with Crippen LogP contribution < -0.4 is 34.7 Å². The number of unbranched alkanes of at least 4 members (excludes halogenated alkanes) is 4. The predicted octanol–water partition coefficient (Wildman–Crippen LogP) is -1.19. The molecule has 0 N–H and O–H groups in total. The SMILES string of the molecule is CCCCCCCC(C)(C)OC(=O)CC(=O)[O-].[Na+]. The second-order valence-corrected chi connectivity index (χ2v) is 4.95. The molecule has 5 heteroatoms. The summed E-state index contributed by atoms with van der Waals surface area (Å²) in [5.74, 6) is -2.11. The standard InChI is InChI=1S/C13H24O4.Na/c1-4-5-6-7-8-9-13(2,3)17-12(16)10-11(14)15;/h4-10H2,1-3H3,(H,14,15);/q;+1/p-1. The van der Waals surface area contributed by atoms with Crippen LogP contribution in [0.4, 0.5) is 0 Å². The summed E-state index contributed by atoms with van der Waals surface area (Å²) in [7, 11) is 0. The molecule has 0 amide bonds. The fourth-order valence-electron chi connectivity index (χ4n) is 1.67. The first-order valence-corrected chi connectivity index (χ1v) is 6.29. The van der Waals surface area contributed by atoms with E-state index in [1.54, 1.807) is 13.8 Å². The average Bonchev–Trinajstić information content (AvgIpc) is 2.14. The van der Waals surface area contributed by atoms with Crippen molar-refractivity contribution in [3.05, 3.63) is 0 Å². The third-order valence-electron chi connectivity index (χ3n) is 2.56. The van der Waals surface area contributed by atoms with Gasteiger partial charge in [-0.1, -0.05) is 32.6 Å². The molecule has 0 aromatic heterocycles. The molecule has 0 spiro atoms. The third-order valence-corrected chi connectivity index (χ3v) is 2.56. The predicted molar refractivity (Wildman–Crippen MR) is 63.2 cm³/mol. The van der Waals surface area contributed by atoms with E-state index in [1.165, 1.54) is 19.3 Å². The van der Waals surface area contributed by atoms with E-state index in [4.69, 9.17) is 4.74 Å². The Morgan fingerprint density at radius 1 is 1.11 bits per heavy atom. The Labute approximate surface area is 132 Å². The van der Waals surface area contributed by atoms with Gasteiger partial charge in [0.15, 0.2) is 0 Å². The van der Waals surface area contributed by atoms with E-state index in [0.717, 1.165) is 19.3 Å². The number of hydrogen-bond donors (Lipinski definition) is 0. The normalized spacial score (nSPS) is 10.6. The molecular formula is C13H23NaO4. The van der Waals surface area contributed by atoms with Crippen molar-refractivity contribution in [2.24, 2.45) is 0 Å². The van der Waals surface area contributed by atoms with E-state index >= 15 is 0 Å². The van der Waals surface area contributed by atoms with Gasteiger partial charge in [-0.25, -0.2) is 0 Å². The molecular weight excluding hydrogens is 243 g/mol. The molecule has 0 saturated heterocycles. The summed E-state index contributed by atoms with van der Waals surface area (Å²) < 4.78 is 5.10. The van der Waals surface area contributed by atoms with Crippen LogP contribution in [0.25, 0.3) is 0 Å². The summed E-state index contributed by atoms with van der Waals surface area (Å²) in [6.07, 6.45) is 5.82. The Balaban J connectivity index is 0. The molecule has 0 aliphatic carbocycles. The second-order valence-electron chi connectivity index (χ2n) is 4.95. The Kier molecular flexibility index (Phi) is 12.2. The van der Waals surface area contributed by atoms with Gasteiger partial charge in [0.05, 0.1) is 12.4 Å². The van der Waals surface area contributed by atoms with Crippen molar-refractivity contribution in [2.75, 3.05) is 0 Å². The zero-order valence-corrected chi connectivity index (χ0v) is 14.1. The largest absolute Gasteiger partial charge is 1.00 e. The first kappa shape index (κ1) is 20.3. The number of carboxylic acids is 1. The third kappa shape index (κ3) is 12.4. The summed E-state index contributed by atoms with van der Waals surface area (Å²) >= 11 is 0. The number of carbonyl (C=O) groups excluding carboxylic acids is 2. The van der Waals surface area contributed by atoms with E-state index in [2.05, 4.69) is 6.92 Å². The smallest absolute Gasteiger partial charge is 0.550 e. The van der Waals surface area contributed by atoms with Gasteiger partial charge in [-0.15, -0.1) is 0 Å². The molecule has 0 rings (SSSR count). The minimum absolute atomic E-state index is 0. The number of esters is 1. The van der Waals surface area contributed by atoms with Gasteiger partial charge in [-0.3, -0.25) is 4.79 Å². The summed E-state index contributed by atoms with van der Waals surface area (Å²) in [6, 6.07) is 0. The maximum Gasteiger partial charge on any atom is 1.00 e. The van der Waals surface area contributed by atoms with Crippen molar-refractivity contribution in [2.45, 2.75) is 71.3 Å². The van der Waals surface area contributed by atoms with E-state index in [9.17, 15) is 14.7 Å². The van der Waals surface area contributed by atoms with Gasteiger partial charge >= 0.3 is 35.5 Å². The van der Waals surface area contributed by atoms with E-state index in [0.29, 0.717) is 0 Å². The molecule has 0 aromatic rings. The van der Waals surface area contributed by atoms with Crippen molar-refractivity contribution >= 4 is 11.9 Å². The Morgan fingerprint density at radius 3 is 2.17 bits per heavy atom. The van der Waals surface area contributed by atoms with Crippen LogP contribution in [0.5, 0.6) is 0 Å². The molecule has 100 valence electrons. The average molecular weight is 266 g/mol. The monoisotopic (exact) mass is 266 g/mol. The molecule has 0 fully saturated rings. The maximum absolute atomic E-state index is 11.2. The Morgan fingerprint density at radius 2 is 1.67 bits per heavy atom. The summed E-state index contributed by atoms with van der Waals surface area (Å²) in [5, 5.41) is 10.2. The van der Waals surface area contributed by atoms with Gasteiger partial charge in [0.1, 0.15) is 5.60 Å². The van der Waals surface area contributed by atoms with Gasteiger partial charge in [-0.2, -0.15) is 0 Å². The molecule has 4 nitrogen and oxygen atoms in total. The van der Waals surface area contributed by atoms with Gasteiger partial charge in [0, 0.05) is 0 Å². The van der Waals surface area contributed by atoms with E-state index in [-0.39, 0.29) is 29.6 Å². The second kappa shape index (κ2) is 10.8. The van der Waals surface area contributed by atoms with Crippen molar-refractivity contribution in [1.29, 1.82) is 0 Å². The van der Waals surface area contributed by atoms with Gasteiger partial charge in [-0.05, 0) is 26.7 Å². The van der Waals surface area contributed by atoms with Crippen molar-refractivity contribution in [3.63, 3.8) is 0 Å². The molecule has 0 unspecified atom stereocenters. The first-order chi connectivity index (χ1) is 7.87. The molecule has 18 heavy (non-hydrogen) atoms. The van der Waals surface area contributed by atoms with Crippen LogP contribution in [-0.2, 0) is 14.3 Å². The number of carbonyl (C=O) groups is 2. The molecule has 0 aromatic carbocycles. The zero-order chi connectivity index (χ0) is 13.3. The van der Waals surface area contributed by atoms with Crippen LogP contribution in [-0.4, -0.2) is 17.5 Å². The molecule has 0 saturated carbocycles. The Bertz CT molecular complexity index is 251. The van der Waals surface area contributed by atoms with Crippen LogP contribution in [0.3, 0.4) is 0 Å². The fourth-order valence-corrected chi connectivity index (χ4v) is 1.67. The summed E-state index contributed by atoms with van der Waals surface area (Å²) in [6.45, 7) is 5.77. The van der Waals surface area contributed by atoms with Crippen LogP contribution in [0.2, 0.25) is 0 Å². The van der Waals surface area contributed by atoms with Gasteiger partial charge < -0.3 is 14.6 Å². The maximum atomic E-state index is 11.2. The van der Waals surface area contributed by atoms with Gasteiger partial charge in [0.2, 0.25) is 0 Å². The Hall–Kier alpha value is -0.0600. The van der Waals surface area contributed by atoms with Crippen molar-refractivity contribution in [3.8, 4) is 0 Å². The van der Waals surface area contributed by atoms with Crippen molar-refractivity contribution in [1.82, 2.24) is 0 Å². The topological polar surface area (TPSA) is 66.4 Å². The molecule has 0 radical (unpaired) electrons.